The number of aromatic nitrogens is 1. The van der Waals surface area contributed by atoms with E-state index < -0.39 is 11.8 Å². The van der Waals surface area contributed by atoms with E-state index >= 15 is 0 Å². The van der Waals surface area contributed by atoms with Crippen molar-refractivity contribution in [1.29, 1.82) is 0 Å². The van der Waals surface area contributed by atoms with Gasteiger partial charge in [-0.05, 0) is 6.92 Å². The number of carboxylic acid groups (broad SMARTS) is 1. The van der Waals surface area contributed by atoms with Crippen molar-refractivity contribution in [2.45, 2.75) is 19.1 Å². The van der Waals surface area contributed by atoms with Crippen molar-refractivity contribution in [3.8, 4) is 0 Å². The fourth-order valence-electron chi connectivity index (χ4n) is 1.42. The Morgan fingerprint density at radius 3 is 2.87 bits per heavy atom. The van der Waals surface area contributed by atoms with Crippen LogP contribution < -0.4 is 0 Å². The molecule has 15 heavy (non-hydrogen) atoms. The van der Waals surface area contributed by atoms with Crippen LogP contribution in [-0.2, 0) is 26.5 Å². The highest BCUT2D eigenvalue weighted by molar-refractivity contribution is 5.69. The molecular weight excluding hydrogens is 202 g/mol. The van der Waals surface area contributed by atoms with Gasteiger partial charge in [-0.25, -0.2) is 0 Å². The van der Waals surface area contributed by atoms with E-state index in [4.69, 9.17) is 19.1 Å². The maximum atomic E-state index is 10.4. The van der Waals surface area contributed by atoms with Crippen molar-refractivity contribution in [2.75, 3.05) is 13.2 Å². The van der Waals surface area contributed by atoms with Crippen molar-refractivity contribution in [2.24, 2.45) is 0 Å². The van der Waals surface area contributed by atoms with Crippen LogP contribution in [0.3, 0.4) is 0 Å². The Labute approximate surface area is 85.8 Å². The minimum atomic E-state index is -0.962. The zero-order valence-electron chi connectivity index (χ0n) is 8.23. The Hall–Kier alpha value is -1.40. The van der Waals surface area contributed by atoms with Crippen molar-refractivity contribution in [1.82, 2.24) is 5.16 Å². The SMILES string of the molecule is CC1(c2cc(CC(=O)O)on2)OCCO1. The molecule has 6 nitrogen and oxygen atoms in total. The summed E-state index contributed by atoms with van der Waals surface area (Å²) in [5.74, 6) is -1.57. The van der Waals surface area contributed by atoms with E-state index in [1.54, 1.807) is 13.0 Å². The first-order valence-electron chi connectivity index (χ1n) is 4.56. The molecule has 0 radical (unpaired) electrons. The van der Waals surface area contributed by atoms with Crippen molar-refractivity contribution >= 4 is 5.97 Å². The summed E-state index contributed by atoms with van der Waals surface area (Å²) in [5, 5.41) is 12.3. The highest BCUT2D eigenvalue weighted by Crippen LogP contribution is 2.30. The van der Waals surface area contributed by atoms with E-state index in [2.05, 4.69) is 5.16 Å². The smallest absolute Gasteiger partial charge is 0.311 e. The van der Waals surface area contributed by atoms with Gasteiger partial charge in [0.1, 0.15) is 17.9 Å². The van der Waals surface area contributed by atoms with Crippen LogP contribution >= 0.6 is 0 Å². The van der Waals surface area contributed by atoms with Crippen molar-refractivity contribution in [3.63, 3.8) is 0 Å². The standard InChI is InChI=1S/C9H11NO5/c1-9(13-2-3-14-9)7-4-6(15-10-7)5-8(11)12/h4H,2-3,5H2,1H3,(H,11,12). The second kappa shape index (κ2) is 3.63. The lowest BCUT2D eigenvalue weighted by atomic mass is 10.2. The number of ether oxygens (including phenoxy) is 2. The first kappa shape index (κ1) is 10.1. The van der Waals surface area contributed by atoms with Crippen LogP contribution in [0.4, 0.5) is 0 Å². The van der Waals surface area contributed by atoms with Gasteiger partial charge in [0.05, 0.1) is 13.2 Å². The first-order valence-corrected chi connectivity index (χ1v) is 4.56. The molecule has 0 unspecified atom stereocenters. The first-order chi connectivity index (χ1) is 7.10. The highest BCUT2D eigenvalue weighted by Gasteiger charge is 2.36. The molecule has 0 saturated carbocycles. The normalized spacial score (nSPS) is 19.3. The molecule has 1 fully saturated rings. The van der Waals surface area contributed by atoms with E-state index in [0.717, 1.165) is 0 Å². The molecule has 1 aromatic heterocycles. The van der Waals surface area contributed by atoms with Gasteiger partial charge in [-0.3, -0.25) is 4.79 Å². The van der Waals surface area contributed by atoms with E-state index in [-0.39, 0.29) is 12.2 Å². The molecule has 1 aliphatic rings. The Bertz CT molecular complexity index is 366. The summed E-state index contributed by atoms with van der Waals surface area (Å²) in [4.78, 5) is 10.4. The molecule has 1 saturated heterocycles. The van der Waals surface area contributed by atoms with Crippen molar-refractivity contribution in [3.05, 3.63) is 17.5 Å². The third kappa shape index (κ3) is 2.00. The molecule has 0 bridgehead atoms. The molecule has 2 heterocycles. The summed E-state index contributed by atoms with van der Waals surface area (Å²) in [5.41, 5.74) is 0.469. The van der Waals surface area contributed by atoms with E-state index in [0.29, 0.717) is 18.9 Å². The van der Waals surface area contributed by atoms with E-state index in [1.165, 1.54) is 0 Å². The second-order valence-corrected chi connectivity index (χ2v) is 3.39. The predicted molar refractivity (Wildman–Crippen MR) is 47.1 cm³/mol. The number of hydrogen-bond acceptors (Lipinski definition) is 5. The molecule has 1 aromatic rings. The van der Waals surface area contributed by atoms with Crippen molar-refractivity contribution < 1.29 is 23.9 Å². The lowest BCUT2D eigenvalue weighted by Gasteiger charge is -2.18. The monoisotopic (exact) mass is 213 g/mol. The Morgan fingerprint density at radius 1 is 1.60 bits per heavy atom. The minimum absolute atomic E-state index is 0.191. The molecule has 0 aliphatic carbocycles. The Balaban J connectivity index is 2.15. The molecule has 6 heteroatoms. The van der Waals surface area contributed by atoms with Gasteiger partial charge in [-0.2, -0.15) is 0 Å². The van der Waals surface area contributed by atoms with Crippen LogP contribution in [0.1, 0.15) is 18.4 Å². The van der Waals surface area contributed by atoms with Crippen LogP contribution in [0, 0.1) is 0 Å². The molecule has 2 rings (SSSR count). The lowest BCUT2D eigenvalue weighted by Crippen LogP contribution is -2.22. The van der Waals surface area contributed by atoms with E-state index in [1.807, 2.05) is 0 Å². The van der Waals surface area contributed by atoms with Crippen LogP contribution in [-0.4, -0.2) is 29.4 Å². The Kier molecular flexibility index (Phi) is 2.45. The zero-order valence-corrected chi connectivity index (χ0v) is 8.23. The van der Waals surface area contributed by atoms with Crippen LogP contribution in [0.5, 0.6) is 0 Å². The fourth-order valence-corrected chi connectivity index (χ4v) is 1.42. The second-order valence-electron chi connectivity index (χ2n) is 3.39. The molecule has 1 N–H and O–H groups in total. The average molecular weight is 213 g/mol. The third-order valence-corrected chi connectivity index (χ3v) is 2.19. The quantitative estimate of drug-likeness (QED) is 0.788. The molecule has 0 atom stereocenters. The lowest BCUT2D eigenvalue weighted by molar-refractivity contribution is -0.154. The number of aliphatic carboxylic acids is 1. The van der Waals surface area contributed by atoms with Gasteiger partial charge >= 0.3 is 5.97 Å². The number of carboxylic acids is 1. The summed E-state index contributed by atoms with van der Waals surface area (Å²) in [6.45, 7) is 2.72. The van der Waals surface area contributed by atoms with Gasteiger partial charge in [0, 0.05) is 6.07 Å². The maximum absolute atomic E-state index is 10.4. The summed E-state index contributed by atoms with van der Waals surface area (Å²) in [7, 11) is 0. The van der Waals surface area contributed by atoms with Gasteiger partial charge in [0.25, 0.3) is 0 Å². The predicted octanol–water partition coefficient (Wildman–Crippen LogP) is 0.521. The number of carbonyl (C=O) groups is 1. The number of rotatable bonds is 3. The molecule has 0 aromatic carbocycles. The summed E-state index contributed by atoms with van der Waals surface area (Å²) >= 11 is 0. The van der Waals surface area contributed by atoms with E-state index in [9.17, 15) is 4.79 Å². The van der Waals surface area contributed by atoms with Gasteiger partial charge < -0.3 is 19.1 Å². The summed E-state index contributed by atoms with van der Waals surface area (Å²) in [6.07, 6.45) is -0.191. The van der Waals surface area contributed by atoms with Gasteiger partial charge in [0.2, 0.25) is 5.79 Å². The molecule has 1 aliphatic heterocycles. The largest absolute Gasteiger partial charge is 0.481 e. The zero-order chi connectivity index (χ0) is 10.9. The van der Waals surface area contributed by atoms with Gasteiger partial charge in [-0.1, -0.05) is 5.16 Å². The minimum Gasteiger partial charge on any atom is -0.481 e. The molecule has 82 valence electrons. The highest BCUT2D eigenvalue weighted by atomic mass is 16.7. The van der Waals surface area contributed by atoms with Crippen LogP contribution in [0.25, 0.3) is 0 Å². The third-order valence-electron chi connectivity index (χ3n) is 2.19. The average Bonchev–Trinajstić information content (AvgIpc) is 2.74. The maximum Gasteiger partial charge on any atom is 0.311 e. The summed E-state index contributed by atoms with van der Waals surface area (Å²) < 4.78 is 15.6. The van der Waals surface area contributed by atoms with Crippen LogP contribution in [0.15, 0.2) is 10.6 Å². The number of nitrogens with zero attached hydrogens (tertiary/aromatic N) is 1. The molecule has 0 amide bonds. The number of hydrogen-bond donors (Lipinski definition) is 1. The van der Waals surface area contributed by atoms with Gasteiger partial charge in [0.15, 0.2) is 0 Å². The Morgan fingerprint density at radius 2 is 2.27 bits per heavy atom. The van der Waals surface area contributed by atoms with Gasteiger partial charge in [-0.15, -0.1) is 0 Å². The molecule has 0 spiro atoms. The van der Waals surface area contributed by atoms with Crippen LogP contribution in [0.2, 0.25) is 0 Å². The fraction of sp³-hybridized carbons (Fsp3) is 0.556. The molecular formula is C9H11NO5. The topological polar surface area (TPSA) is 81.8 Å². The summed E-state index contributed by atoms with van der Waals surface area (Å²) in [6, 6.07) is 1.54.